The Labute approximate surface area is 98.4 Å². The quantitative estimate of drug-likeness (QED) is 0.233. The lowest BCUT2D eigenvalue weighted by Gasteiger charge is -2.53. The first-order chi connectivity index (χ1) is 7.13. The summed E-state index contributed by atoms with van der Waals surface area (Å²) in [5, 5.41) is 9.24. The Morgan fingerprint density at radius 1 is 1.12 bits per heavy atom. The van der Waals surface area contributed by atoms with E-state index in [9.17, 15) is 5.21 Å². The highest BCUT2D eigenvalue weighted by Gasteiger charge is 2.58. The van der Waals surface area contributed by atoms with Crippen molar-refractivity contribution in [2.45, 2.75) is 65.1 Å². The first-order valence-electron chi connectivity index (χ1n) is 5.87. The van der Waals surface area contributed by atoms with Crippen molar-refractivity contribution >= 4 is 0 Å². The zero-order valence-corrected chi connectivity index (χ0v) is 11.2. The van der Waals surface area contributed by atoms with E-state index in [1.807, 2.05) is 34.6 Å². The predicted octanol–water partition coefficient (Wildman–Crippen LogP) is 0.497. The fraction of sp³-hybridized carbons (Fsp3) is 1.00. The standard InChI is InChI=1S/C10H28N5O/c1-6-9(4,5)15(12,13)10(7-2,8-3)14(11)16/h11,14,16H,6-8,12-13H2,1-5H3/q+1. The molecule has 0 heterocycles. The van der Waals surface area contributed by atoms with E-state index in [-0.39, 0.29) is 4.70 Å². The van der Waals surface area contributed by atoms with Crippen molar-refractivity contribution in [3.8, 4) is 0 Å². The lowest BCUT2D eigenvalue weighted by molar-refractivity contribution is -1.25. The number of nitrogens with one attached hydrogen (secondary N) is 2. The first-order valence-corrected chi connectivity index (χ1v) is 5.87. The van der Waals surface area contributed by atoms with Crippen LogP contribution in [0.25, 0.3) is 5.84 Å². The maximum atomic E-state index is 9.66. The minimum Gasteiger partial charge on any atom is -0.429 e. The van der Waals surface area contributed by atoms with Crippen LogP contribution in [-0.4, -0.2) is 21.1 Å². The van der Waals surface area contributed by atoms with Gasteiger partial charge in [-0.1, -0.05) is 20.8 Å². The van der Waals surface area contributed by atoms with Crippen LogP contribution in [-0.2, 0) is 0 Å². The molecule has 0 saturated heterocycles. The van der Waals surface area contributed by atoms with Gasteiger partial charge in [-0.15, -0.1) is 4.70 Å². The molecule has 7 N–H and O–H groups in total. The average Bonchev–Trinajstić information content (AvgIpc) is 2.19. The summed E-state index contributed by atoms with van der Waals surface area (Å²) < 4.78 is -0.348. The number of hydroxylamine groups is 1. The molecular formula is C10H28N5O+. The lowest BCUT2D eigenvalue weighted by Crippen LogP contribution is -3.19. The van der Waals surface area contributed by atoms with Gasteiger partial charge in [0.15, 0.2) is 0 Å². The second kappa shape index (κ2) is 4.95. The van der Waals surface area contributed by atoms with Crippen molar-refractivity contribution in [2.24, 2.45) is 11.7 Å². The van der Waals surface area contributed by atoms with E-state index in [0.717, 1.165) is 6.42 Å². The third-order valence-electron chi connectivity index (χ3n) is 4.19. The number of hydrogen-bond donors (Lipinski definition) is 4. The highest BCUT2D eigenvalue weighted by Crippen LogP contribution is 2.30. The molecule has 6 heteroatoms. The molecular weight excluding hydrogens is 206 g/mol. The number of nitrogens with two attached hydrogens (primary N) is 2. The second-order valence-corrected chi connectivity index (χ2v) is 5.03. The first kappa shape index (κ1) is 15.8. The molecule has 0 bridgehead atoms. The van der Waals surface area contributed by atoms with Crippen molar-refractivity contribution in [2.75, 3.05) is 0 Å². The van der Waals surface area contributed by atoms with Gasteiger partial charge < -0.3 is 5.84 Å². The van der Waals surface area contributed by atoms with Crippen LogP contribution >= 0.6 is 0 Å². The Hall–Kier alpha value is -0.240. The maximum absolute atomic E-state index is 9.66. The molecule has 1 unspecified atom stereocenters. The van der Waals surface area contributed by atoms with Crippen LogP contribution in [0.15, 0.2) is 0 Å². The smallest absolute Gasteiger partial charge is 0.278 e. The van der Waals surface area contributed by atoms with Crippen LogP contribution < -0.4 is 16.9 Å². The van der Waals surface area contributed by atoms with Gasteiger partial charge in [0, 0.05) is 6.42 Å². The molecule has 6 nitrogen and oxygen atoms in total. The van der Waals surface area contributed by atoms with Gasteiger partial charge in [0.25, 0.3) is 5.66 Å². The summed E-state index contributed by atoms with van der Waals surface area (Å²) in [4.78, 5) is 0. The Bertz CT molecular complexity index is 223. The molecule has 0 rings (SSSR count). The maximum Gasteiger partial charge on any atom is 0.278 e. The molecule has 0 aliphatic heterocycles. The van der Waals surface area contributed by atoms with Crippen LogP contribution in [0.2, 0.25) is 0 Å². The summed E-state index contributed by atoms with van der Waals surface area (Å²) >= 11 is 0. The van der Waals surface area contributed by atoms with Crippen molar-refractivity contribution in [1.29, 1.82) is 0 Å². The van der Waals surface area contributed by atoms with Gasteiger partial charge in [-0.2, -0.15) is 11.7 Å². The van der Waals surface area contributed by atoms with Gasteiger partial charge in [-0.3, -0.25) is 0 Å². The number of nitrogens with zero attached hydrogens (tertiary/aromatic N) is 1. The molecule has 0 saturated carbocycles. The number of hydrogen-bond acceptors (Lipinski definition) is 3. The van der Waals surface area contributed by atoms with E-state index in [1.54, 1.807) is 0 Å². The largest absolute Gasteiger partial charge is 0.429 e. The van der Waals surface area contributed by atoms with E-state index >= 15 is 0 Å². The normalized spacial score (nSPS) is 16.3. The number of rotatable bonds is 6. The minimum atomic E-state index is -0.903. The van der Waals surface area contributed by atoms with Gasteiger partial charge in [0.1, 0.15) is 5.54 Å². The summed E-state index contributed by atoms with van der Waals surface area (Å²) in [5.74, 6) is 20.0. The molecule has 0 radical (unpaired) electrons. The monoisotopic (exact) mass is 234 g/mol. The van der Waals surface area contributed by atoms with Gasteiger partial charge in [-0.25, -0.2) is 10.4 Å². The Morgan fingerprint density at radius 3 is 1.69 bits per heavy atom. The van der Waals surface area contributed by atoms with Crippen molar-refractivity contribution < 1.29 is 15.1 Å². The average molecular weight is 234 g/mol. The molecule has 98 valence electrons. The second-order valence-electron chi connectivity index (χ2n) is 5.03. The molecule has 0 aromatic rings. The molecule has 0 aliphatic carbocycles. The van der Waals surface area contributed by atoms with Gasteiger partial charge in [0.05, 0.1) is 12.8 Å². The number of quaternary nitrogens is 2. The summed E-state index contributed by atoms with van der Waals surface area (Å²) in [6, 6.07) is 0. The third-order valence-corrected chi connectivity index (χ3v) is 4.19. The van der Waals surface area contributed by atoms with Crippen LogP contribution in [0.4, 0.5) is 0 Å². The third kappa shape index (κ3) is 2.09. The molecule has 0 aromatic heterocycles. The van der Waals surface area contributed by atoms with Gasteiger partial charge in [0.2, 0.25) is 0 Å². The van der Waals surface area contributed by atoms with Gasteiger partial charge in [-0.05, 0) is 13.8 Å². The summed E-state index contributed by atoms with van der Waals surface area (Å²) in [7, 11) is 0. The minimum absolute atomic E-state index is 0.348. The highest BCUT2D eigenvalue weighted by molar-refractivity contribution is 4.73. The van der Waals surface area contributed by atoms with E-state index < -0.39 is 16.4 Å². The van der Waals surface area contributed by atoms with Crippen molar-refractivity contribution in [3.05, 3.63) is 5.84 Å². The lowest BCUT2D eigenvalue weighted by atomic mass is 9.92. The fourth-order valence-electron chi connectivity index (χ4n) is 2.12. The SMILES string of the molecule is CCC(C)(C)[N+](N)(N)C(CC)(CC)[NH+]([NH-])O. The molecule has 0 aliphatic rings. The Balaban J connectivity index is 5.52. The van der Waals surface area contributed by atoms with E-state index in [2.05, 4.69) is 0 Å². The molecule has 0 amide bonds. The topological polar surface area (TPSA) is 101 Å². The van der Waals surface area contributed by atoms with Crippen LogP contribution in [0.1, 0.15) is 53.9 Å². The van der Waals surface area contributed by atoms with E-state index in [4.69, 9.17) is 17.5 Å². The highest BCUT2D eigenvalue weighted by atomic mass is 16.5. The fourth-order valence-corrected chi connectivity index (χ4v) is 2.12. The van der Waals surface area contributed by atoms with Crippen molar-refractivity contribution in [1.82, 2.24) is 0 Å². The summed E-state index contributed by atoms with van der Waals surface area (Å²) in [6.07, 6.45) is 1.85. The van der Waals surface area contributed by atoms with Crippen molar-refractivity contribution in [3.63, 3.8) is 0 Å². The van der Waals surface area contributed by atoms with E-state index in [1.165, 1.54) is 0 Å². The Kier molecular flexibility index (Phi) is 4.88. The predicted molar refractivity (Wildman–Crippen MR) is 63.4 cm³/mol. The van der Waals surface area contributed by atoms with Crippen LogP contribution in [0.5, 0.6) is 0 Å². The Morgan fingerprint density at radius 2 is 1.50 bits per heavy atom. The molecule has 0 fully saturated rings. The molecule has 1 atom stereocenters. The zero-order chi connectivity index (χ0) is 13.2. The molecule has 0 spiro atoms. The summed E-state index contributed by atoms with van der Waals surface area (Å²) in [6.45, 7) is 9.70. The van der Waals surface area contributed by atoms with Crippen LogP contribution in [0.3, 0.4) is 0 Å². The van der Waals surface area contributed by atoms with E-state index in [0.29, 0.717) is 12.8 Å². The van der Waals surface area contributed by atoms with Gasteiger partial charge >= 0.3 is 0 Å². The summed E-state index contributed by atoms with van der Waals surface area (Å²) in [5.41, 5.74) is -1.31. The molecule has 0 aromatic carbocycles. The molecule has 16 heavy (non-hydrogen) atoms. The zero-order valence-electron chi connectivity index (χ0n) is 11.2. The van der Waals surface area contributed by atoms with Crippen LogP contribution in [0, 0.1) is 0 Å².